The van der Waals surface area contributed by atoms with E-state index in [-0.39, 0.29) is 6.10 Å². The minimum atomic E-state index is 0.107. The van der Waals surface area contributed by atoms with Crippen molar-refractivity contribution < 1.29 is 9.47 Å². The van der Waals surface area contributed by atoms with Crippen molar-refractivity contribution in [3.63, 3.8) is 0 Å². The minimum Gasteiger partial charge on any atom is -0.492 e. The van der Waals surface area contributed by atoms with Crippen molar-refractivity contribution in [1.29, 1.82) is 5.26 Å². The fourth-order valence-corrected chi connectivity index (χ4v) is 2.97. The normalized spacial score (nSPS) is 18.0. The van der Waals surface area contributed by atoms with Crippen molar-refractivity contribution in [3.05, 3.63) is 41.5 Å². The molecule has 7 nitrogen and oxygen atoms in total. The number of rotatable bonds is 6. The van der Waals surface area contributed by atoms with E-state index in [0.29, 0.717) is 25.3 Å². The van der Waals surface area contributed by atoms with E-state index in [9.17, 15) is 0 Å². The van der Waals surface area contributed by atoms with Crippen LogP contribution in [0, 0.1) is 25.2 Å². The van der Waals surface area contributed by atoms with Gasteiger partial charge in [-0.15, -0.1) is 0 Å². The molecular formula is C18H23N5O2. The first kappa shape index (κ1) is 17.4. The van der Waals surface area contributed by atoms with E-state index in [1.807, 2.05) is 30.7 Å². The summed E-state index contributed by atoms with van der Waals surface area (Å²) in [6.45, 7) is 8.44. The zero-order chi connectivity index (χ0) is 17.6. The number of hydrogen-bond donors (Lipinski definition) is 0. The maximum Gasteiger partial charge on any atom is 0.147 e. The largest absolute Gasteiger partial charge is 0.492 e. The molecule has 7 heteroatoms. The van der Waals surface area contributed by atoms with E-state index >= 15 is 0 Å². The van der Waals surface area contributed by atoms with Gasteiger partial charge in [0.25, 0.3) is 0 Å². The molecule has 1 aromatic carbocycles. The molecule has 0 radical (unpaired) electrons. The van der Waals surface area contributed by atoms with Gasteiger partial charge >= 0.3 is 0 Å². The van der Waals surface area contributed by atoms with Crippen LogP contribution in [0.15, 0.2) is 24.3 Å². The SMILES string of the molecule is Cc1nc(C)n(C[C@@H]2CN(CCOc3cccc(C#N)c3)CCO2)n1. The van der Waals surface area contributed by atoms with Gasteiger partial charge in [0.1, 0.15) is 24.0 Å². The zero-order valence-electron chi connectivity index (χ0n) is 14.7. The molecule has 132 valence electrons. The fourth-order valence-electron chi connectivity index (χ4n) is 2.97. The molecule has 0 N–H and O–H groups in total. The number of benzene rings is 1. The Hall–Kier alpha value is -2.43. The lowest BCUT2D eigenvalue weighted by atomic mass is 10.2. The average molecular weight is 341 g/mol. The summed E-state index contributed by atoms with van der Waals surface area (Å²) in [4.78, 5) is 6.67. The van der Waals surface area contributed by atoms with Crippen molar-refractivity contribution in [3.8, 4) is 11.8 Å². The molecular weight excluding hydrogens is 318 g/mol. The lowest BCUT2D eigenvalue weighted by molar-refractivity contribution is -0.0404. The second-order valence-corrected chi connectivity index (χ2v) is 6.17. The van der Waals surface area contributed by atoms with Crippen LogP contribution in [-0.4, -0.2) is 58.6 Å². The third-order valence-electron chi connectivity index (χ3n) is 4.20. The van der Waals surface area contributed by atoms with E-state index in [4.69, 9.17) is 14.7 Å². The van der Waals surface area contributed by atoms with Crippen LogP contribution in [0.3, 0.4) is 0 Å². The third kappa shape index (κ3) is 4.78. The number of ether oxygens (including phenoxy) is 2. The van der Waals surface area contributed by atoms with Crippen LogP contribution in [0.25, 0.3) is 0 Å². The Labute approximate surface area is 147 Å². The minimum absolute atomic E-state index is 0.107. The molecule has 1 aliphatic heterocycles. The predicted octanol–water partition coefficient (Wildman–Crippen LogP) is 1.55. The van der Waals surface area contributed by atoms with Crippen LogP contribution >= 0.6 is 0 Å². The summed E-state index contributed by atoms with van der Waals surface area (Å²) in [7, 11) is 0. The van der Waals surface area contributed by atoms with Crippen molar-refractivity contribution >= 4 is 0 Å². The lowest BCUT2D eigenvalue weighted by Crippen LogP contribution is -2.45. The summed E-state index contributed by atoms with van der Waals surface area (Å²) in [5, 5.41) is 13.3. The van der Waals surface area contributed by atoms with Gasteiger partial charge < -0.3 is 9.47 Å². The van der Waals surface area contributed by atoms with E-state index in [0.717, 1.165) is 37.0 Å². The number of hydrogen-bond acceptors (Lipinski definition) is 6. The van der Waals surface area contributed by atoms with Gasteiger partial charge in [-0.25, -0.2) is 9.67 Å². The average Bonchev–Trinajstić information content (AvgIpc) is 2.92. The van der Waals surface area contributed by atoms with Crippen LogP contribution in [0.5, 0.6) is 5.75 Å². The van der Waals surface area contributed by atoms with Gasteiger partial charge in [-0.2, -0.15) is 10.4 Å². The molecule has 25 heavy (non-hydrogen) atoms. The standard InChI is InChI=1S/C18H23N5O2/c1-14-20-15(2)23(21-14)13-18-12-22(7-9-25-18)6-8-24-17-5-3-4-16(10-17)11-19/h3-5,10,18H,6-9,12-13H2,1-2H3/t18-/m0/s1. The molecule has 1 saturated heterocycles. The predicted molar refractivity (Wildman–Crippen MR) is 92.3 cm³/mol. The Morgan fingerprint density at radius 3 is 3.04 bits per heavy atom. The summed E-state index contributed by atoms with van der Waals surface area (Å²) >= 11 is 0. The van der Waals surface area contributed by atoms with E-state index in [1.54, 1.807) is 12.1 Å². The van der Waals surface area contributed by atoms with Crippen LogP contribution in [0.2, 0.25) is 0 Å². The Balaban J connectivity index is 1.47. The molecule has 1 aromatic heterocycles. The molecule has 2 heterocycles. The van der Waals surface area contributed by atoms with Gasteiger partial charge in [0.15, 0.2) is 0 Å². The van der Waals surface area contributed by atoms with Crippen LogP contribution in [-0.2, 0) is 11.3 Å². The molecule has 0 amide bonds. The van der Waals surface area contributed by atoms with Crippen molar-refractivity contribution in [2.45, 2.75) is 26.5 Å². The molecule has 1 atom stereocenters. The zero-order valence-corrected chi connectivity index (χ0v) is 14.7. The number of morpholine rings is 1. The molecule has 0 bridgehead atoms. The highest BCUT2D eigenvalue weighted by Gasteiger charge is 2.21. The monoisotopic (exact) mass is 341 g/mol. The molecule has 0 spiro atoms. The van der Waals surface area contributed by atoms with Gasteiger partial charge in [0.2, 0.25) is 0 Å². The maximum absolute atomic E-state index is 8.92. The van der Waals surface area contributed by atoms with Crippen molar-refractivity contribution in [1.82, 2.24) is 19.7 Å². The Bertz CT molecular complexity index is 752. The molecule has 0 saturated carbocycles. The van der Waals surface area contributed by atoms with E-state index in [2.05, 4.69) is 21.1 Å². The molecule has 3 rings (SSSR count). The van der Waals surface area contributed by atoms with Crippen molar-refractivity contribution in [2.75, 3.05) is 32.8 Å². The summed E-state index contributed by atoms with van der Waals surface area (Å²) in [6, 6.07) is 9.36. The highest BCUT2D eigenvalue weighted by molar-refractivity contribution is 5.36. The summed E-state index contributed by atoms with van der Waals surface area (Å²) < 4.78 is 13.5. The van der Waals surface area contributed by atoms with Gasteiger partial charge in [-0.1, -0.05) is 6.07 Å². The first-order chi connectivity index (χ1) is 12.1. The van der Waals surface area contributed by atoms with E-state index in [1.165, 1.54) is 0 Å². The first-order valence-electron chi connectivity index (χ1n) is 8.49. The fraction of sp³-hybridized carbons (Fsp3) is 0.500. The summed E-state index contributed by atoms with van der Waals surface area (Å²) in [5.41, 5.74) is 0.613. The second kappa shape index (κ2) is 8.10. The third-order valence-corrected chi connectivity index (χ3v) is 4.20. The molecule has 2 aromatic rings. The number of aryl methyl sites for hydroxylation is 2. The highest BCUT2D eigenvalue weighted by Crippen LogP contribution is 2.13. The number of nitriles is 1. The van der Waals surface area contributed by atoms with Crippen LogP contribution in [0.4, 0.5) is 0 Å². The van der Waals surface area contributed by atoms with Gasteiger partial charge in [-0.3, -0.25) is 4.90 Å². The quantitative estimate of drug-likeness (QED) is 0.793. The molecule has 1 fully saturated rings. The smallest absolute Gasteiger partial charge is 0.147 e. The second-order valence-electron chi connectivity index (χ2n) is 6.17. The molecule has 0 aliphatic carbocycles. The maximum atomic E-state index is 8.92. The number of aromatic nitrogens is 3. The van der Waals surface area contributed by atoms with Crippen LogP contribution in [0.1, 0.15) is 17.2 Å². The van der Waals surface area contributed by atoms with Gasteiger partial charge in [-0.05, 0) is 32.0 Å². The summed E-state index contributed by atoms with van der Waals surface area (Å²) in [6.07, 6.45) is 0.107. The Morgan fingerprint density at radius 2 is 2.28 bits per heavy atom. The Kier molecular flexibility index (Phi) is 5.64. The van der Waals surface area contributed by atoms with Gasteiger partial charge in [0.05, 0.1) is 30.9 Å². The topological polar surface area (TPSA) is 76.2 Å². The Morgan fingerprint density at radius 1 is 1.40 bits per heavy atom. The first-order valence-corrected chi connectivity index (χ1v) is 8.49. The van der Waals surface area contributed by atoms with Crippen molar-refractivity contribution in [2.24, 2.45) is 0 Å². The van der Waals surface area contributed by atoms with Gasteiger partial charge in [0, 0.05) is 19.6 Å². The number of nitrogens with zero attached hydrogens (tertiary/aromatic N) is 5. The molecule has 1 aliphatic rings. The van der Waals surface area contributed by atoms with Crippen LogP contribution < -0.4 is 4.74 Å². The summed E-state index contributed by atoms with van der Waals surface area (Å²) in [5.74, 6) is 2.44. The van der Waals surface area contributed by atoms with E-state index < -0.39 is 0 Å². The lowest BCUT2D eigenvalue weighted by Gasteiger charge is -2.32. The highest BCUT2D eigenvalue weighted by atomic mass is 16.5. The molecule has 0 unspecified atom stereocenters.